The lowest BCUT2D eigenvalue weighted by Crippen LogP contribution is -2.32. The molecule has 4 aromatic rings. The van der Waals surface area contributed by atoms with Crippen molar-refractivity contribution in [3.8, 4) is 17.6 Å². The average molecular weight is 492 g/mol. The Morgan fingerprint density at radius 2 is 1.86 bits per heavy atom. The fourth-order valence-corrected chi connectivity index (χ4v) is 4.41. The molecule has 6 nitrogen and oxygen atoms in total. The smallest absolute Gasteiger partial charge is 0.298 e. The molecule has 1 N–H and O–H groups in total. The summed E-state index contributed by atoms with van der Waals surface area (Å²) >= 11 is 6.20. The molecule has 35 heavy (non-hydrogen) atoms. The van der Waals surface area contributed by atoms with Crippen LogP contribution in [0.3, 0.4) is 0 Å². The van der Waals surface area contributed by atoms with E-state index in [-0.39, 0.29) is 18.5 Å². The minimum absolute atomic E-state index is 0.0651. The molecule has 1 atom stereocenters. The number of carbonyl (C=O) groups is 1. The first-order valence-electron chi connectivity index (χ1n) is 11.0. The predicted molar refractivity (Wildman–Crippen MR) is 132 cm³/mol. The predicted octanol–water partition coefficient (Wildman–Crippen LogP) is 5.66. The molecule has 1 aliphatic rings. The summed E-state index contributed by atoms with van der Waals surface area (Å²) in [6.07, 6.45) is 1.01. The van der Waals surface area contributed by atoms with Crippen LogP contribution in [0.4, 0.5) is 4.39 Å². The largest absolute Gasteiger partial charge is 0.479 e. The van der Waals surface area contributed by atoms with Crippen molar-refractivity contribution in [2.24, 2.45) is 0 Å². The number of hydrogen-bond donors (Lipinski definition) is 1. The third-order valence-corrected chi connectivity index (χ3v) is 6.06. The molecule has 0 amide bonds. The van der Waals surface area contributed by atoms with Gasteiger partial charge < -0.3 is 14.5 Å². The Balaban J connectivity index is 0.000000243. The number of halogens is 2. The first-order valence-corrected chi connectivity index (χ1v) is 11.3. The standard InChI is InChI=1S/C20H18ClN3O.C7H5FO2/c1-24-10-8-16-17-12-14(21)4-7-18(17)23-19(16)20(24)13-2-5-15(6-3-13)25-11-9-22;8-6-1-3-7(4-2-6)10-5-9/h2-7,12,20,23H,8,10-11H2,1H3;1-5H. The number of likely N-dealkylation sites (N-methyl/N-ethyl adjacent to an activating group) is 1. The Labute approximate surface area is 207 Å². The maximum atomic E-state index is 12.2. The third-order valence-electron chi connectivity index (χ3n) is 5.83. The minimum Gasteiger partial charge on any atom is -0.479 e. The van der Waals surface area contributed by atoms with Gasteiger partial charge in [-0.15, -0.1) is 0 Å². The molecule has 1 aromatic heterocycles. The Morgan fingerprint density at radius 1 is 1.14 bits per heavy atom. The molecule has 8 heteroatoms. The molecule has 0 aliphatic carbocycles. The molecule has 0 radical (unpaired) electrons. The summed E-state index contributed by atoms with van der Waals surface area (Å²) in [4.78, 5) is 15.7. The lowest BCUT2D eigenvalue weighted by atomic mass is 9.93. The van der Waals surface area contributed by atoms with Crippen molar-refractivity contribution < 1.29 is 18.7 Å². The van der Waals surface area contributed by atoms with E-state index >= 15 is 0 Å². The Hall–Kier alpha value is -3.86. The lowest BCUT2D eigenvalue weighted by molar-refractivity contribution is -0.120. The van der Waals surface area contributed by atoms with Gasteiger partial charge in [0.15, 0.2) is 6.61 Å². The summed E-state index contributed by atoms with van der Waals surface area (Å²) in [7, 11) is 2.15. The van der Waals surface area contributed by atoms with Gasteiger partial charge in [-0.3, -0.25) is 9.69 Å². The second-order valence-electron chi connectivity index (χ2n) is 8.02. The first kappa shape index (κ1) is 24.3. The molecule has 0 spiro atoms. The van der Waals surface area contributed by atoms with E-state index in [9.17, 15) is 9.18 Å². The molecule has 3 aromatic carbocycles. The van der Waals surface area contributed by atoms with E-state index < -0.39 is 0 Å². The highest BCUT2D eigenvalue weighted by Crippen LogP contribution is 2.38. The van der Waals surface area contributed by atoms with E-state index in [2.05, 4.69) is 33.8 Å². The number of rotatable bonds is 5. The minimum atomic E-state index is -0.349. The van der Waals surface area contributed by atoms with Crippen LogP contribution in [0.15, 0.2) is 66.7 Å². The van der Waals surface area contributed by atoms with Gasteiger partial charge in [-0.25, -0.2) is 4.39 Å². The zero-order chi connectivity index (χ0) is 24.8. The van der Waals surface area contributed by atoms with Crippen LogP contribution in [0.25, 0.3) is 10.9 Å². The van der Waals surface area contributed by atoms with Crippen LogP contribution >= 0.6 is 11.6 Å². The summed E-state index contributed by atoms with van der Waals surface area (Å²) in [5.74, 6) is 0.710. The molecule has 0 saturated heterocycles. The molecular formula is C27H23ClFN3O3. The molecule has 1 unspecified atom stereocenters. The van der Waals surface area contributed by atoms with E-state index in [0.29, 0.717) is 18.0 Å². The number of carbonyl (C=O) groups excluding carboxylic acids is 1. The normalized spacial score (nSPS) is 14.9. The summed E-state index contributed by atoms with van der Waals surface area (Å²) in [5, 5.41) is 10.6. The van der Waals surface area contributed by atoms with Gasteiger partial charge in [0.1, 0.15) is 23.4 Å². The fraction of sp³-hybridized carbons (Fsp3) is 0.185. The SMILES string of the molecule is CN1CCc2c([nH]c3ccc(Cl)cc23)C1c1ccc(OCC#N)cc1.O=COc1ccc(F)cc1. The molecule has 0 bridgehead atoms. The number of aromatic nitrogens is 1. The van der Waals surface area contributed by atoms with E-state index in [4.69, 9.17) is 21.6 Å². The van der Waals surface area contributed by atoms with Crippen LogP contribution in [-0.4, -0.2) is 36.6 Å². The number of benzene rings is 3. The van der Waals surface area contributed by atoms with Crippen LogP contribution in [-0.2, 0) is 11.2 Å². The van der Waals surface area contributed by atoms with Gasteiger partial charge >= 0.3 is 0 Å². The van der Waals surface area contributed by atoms with Crippen LogP contribution in [0.5, 0.6) is 11.5 Å². The number of hydrogen-bond acceptors (Lipinski definition) is 5. The number of fused-ring (bicyclic) bond motifs is 3. The van der Waals surface area contributed by atoms with Crippen molar-refractivity contribution in [1.29, 1.82) is 5.26 Å². The number of H-pyrrole nitrogens is 1. The number of ether oxygens (including phenoxy) is 2. The van der Waals surface area contributed by atoms with Crippen LogP contribution in [0, 0.1) is 17.1 Å². The Morgan fingerprint density at radius 3 is 2.54 bits per heavy atom. The summed E-state index contributed by atoms with van der Waals surface area (Å²) in [6, 6.07) is 21.4. The molecular weight excluding hydrogens is 469 g/mol. The van der Waals surface area contributed by atoms with Crippen molar-refractivity contribution in [3.63, 3.8) is 0 Å². The van der Waals surface area contributed by atoms with Crippen molar-refractivity contribution in [2.75, 3.05) is 20.2 Å². The van der Waals surface area contributed by atoms with Gasteiger partial charge in [-0.2, -0.15) is 5.26 Å². The van der Waals surface area contributed by atoms with Crippen LogP contribution in [0.2, 0.25) is 5.02 Å². The number of aromatic amines is 1. The second kappa shape index (κ2) is 11.0. The van der Waals surface area contributed by atoms with Crippen molar-refractivity contribution in [3.05, 3.63) is 94.4 Å². The molecule has 0 saturated carbocycles. The van der Waals surface area contributed by atoms with Crippen molar-refractivity contribution in [1.82, 2.24) is 9.88 Å². The van der Waals surface area contributed by atoms with E-state index in [1.54, 1.807) is 0 Å². The maximum Gasteiger partial charge on any atom is 0.298 e. The van der Waals surface area contributed by atoms with E-state index in [1.807, 2.05) is 36.4 Å². The molecule has 0 fully saturated rings. The Bertz CT molecular complexity index is 1350. The number of nitrogens with zero attached hydrogens (tertiary/aromatic N) is 2. The van der Waals surface area contributed by atoms with Gasteiger partial charge in [0.05, 0.1) is 6.04 Å². The number of nitriles is 1. The lowest BCUT2D eigenvalue weighted by Gasteiger charge is -2.33. The summed E-state index contributed by atoms with van der Waals surface area (Å²) < 4.78 is 22.0. The summed E-state index contributed by atoms with van der Waals surface area (Å²) in [6.45, 7) is 1.35. The monoisotopic (exact) mass is 491 g/mol. The highest BCUT2D eigenvalue weighted by Gasteiger charge is 2.29. The summed E-state index contributed by atoms with van der Waals surface area (Å²) in [5.41, 5.74) is 4.91. The van der Waals surface area contributed by atoms with Gasteiger partial charge in [0.25, 0.3) is 6.47 Å². The van der Waals surface area contributed by atoms with Crippen LogP contribution in [0.1, 0.15) is 22.9 Å². The zero-order valence-electron chi connectivity index (χ0n) is 19.0. The van der Waals surface area contributed by atoms with Crippen molar-refractivity contribution in [2.45, 2.75) is 12.5 Å². The second-order valence-corrected chi connectivity index (χ2v) is 8.46. The van der Waals surface area contributed by atoms with Gasteiger partial charge in [0.2, 0.25) is 0 Å². The highest BCUT2D eigenvalue weighted by atomic mass is 35.5. The van der Waals surface area contributed by atoms with E-state index in [0.717, 1.165) is 23.5 Å². The van der Waals surface area contributed by atoms with Gasteiger partial charge in [0, 0.05) is 28.2 Å². The third kappa shape index (κ3) is 5.62. The Kier molecular flexibility index (Phi) is 7.66. The van der Waals surface area contributed by atoms with E-state index in [1.165, 1.54) is 46.5 Å². The molecule has 178 valence electrons. The number of nitrogens with one attached hydrogen (secondary N) is 1. The van der Waals surface area contributed by atoms with Crippen LogP contribution < -0.4 is 9.47 Å². The molecule has 5 rings (SSSR count). The fourth-order valence-electron chi connectivity index (χ4n) is 4.23. The average Bonchev–Trinajstić information content (AvgIpc) is 3.23. The first-order chi connectivity index (χ1) is 17.0. The maximum absolute atomic E-state index is 12.2. The highest BCUT2D eigenvalue weighted by molar-refractivity contribution is 6.31. The van der Waals surface area contributed by atoms with Gasteiger partial charge in [-0.1, -0.05) is 23.7 Å². The molecule has 1 aliphatic heterocycles. The zero-order valence-corrected chi connectivity index (χ0v) is 19.8. The molecule has 2 heterocycles. The van der Waals surface area contributed by atoms with Crippen molar-refractivity contribution >= 4 is 29.0 Å². The quantitative estimate of drug-likeness (QED) is 0.364. The topological polar surface area (TPSA) is 78.4 Å². The van der Waals surface area contributed by atoms with Gasteiger partial charge in [-0.05, 0) is 79.2 Å².